The summed E-state index contributed by atoms with van der Waals surface area (Å²) in [6, 6.07) is 15.2. The molecule has 0 fully saturated rings. The van der Waals surface area contributed by atoms with E-state index < -0.39 is 0 Å². The van der Waals surface area contributed by atoms with Crippen molar-refractivity contribution in [1.82, 2.24) is 14.5 Å². The van der Waals surface area contributed by atoms with Crippen LogP contribution in [0.15, 0.2) is 59.5 Å². The first-order valence-electron chi connectivity index (χ1n) is 7.74. The monoisotopic (exact) mass is 335 g/mol. The molecule has 118 valence electrons. The Bertz CT molecular complexity index is 1120. The van der Waals surface area contributed by atoms with Crippen LogP contribution >= 0.6 is 11.6 Å². The van der Waals surface area contributed by atoms with Gasteiger partial charge in [-0.25, -0.2) is 4.98 Å². The van der Waals surface area contributed by atoms with Crippen molar-refractivity contribution in [1.29, 1.82) is 0 Å². The SMILES string of the molecule is CCn1c(=O)c(-c2ccccc2)nc2c(Cl)c3ncccc3cc21. The lowest BCUT2D eigenvalue weighted by molar-refractivity contribution is 0.756. The van der Waals surface area contributed by atoms with Crippen LogP contribution in [0, 0.1) is 0 Å². The van der Waals surface area contributed by atoms with E-state index in [1.165, 1.54) is 0 Å². The average Bonchev–Trinajstić information content (AvgIpc) is 2.62. The highest BCUT2D eigenvalue weighted by Gasteiger charge is 2.16. The largest absolute Gasteiger partial charge is 0.305 e. The number of pyridine rings is 1. The molecule has 0 spiro atoms. The zero-order valence-electron chi connectivity index (χ0n) is 13.0. The van der Waals surface area contributed by atoms with E-state index in [2.05, 4.69) is 9.97 Å². The third-order valence-corrected chi connectivity index (χ3v) is 4.47. The molecule has 0 N–H and O–H groups in total. The molecule has 0 radical (unpaired) electrons. The van der Waals surface area contributed by atoms with Crippen LogP contribution in [0.5, 0.6) is 0 Å². The van der Waals surface area contributed by atoms with E-state index in [9.17, 15) is 4.79 Å². The molecule has 0 aliphatic heterocycles. The first-order chi connectivity index (χ1) is 11.7. The Morgan fingerprint density at radius 3 is 2.62 bits per heavy atom. The van der Waals surface area contributed by atoms with Gasteiger partial charge in [-0.05, 0) is 19.1 Å². The van der Waals surface area contributed by atoms with Gasteiger partial charge in [-0.15, -0.1) is 0 Å². The molecule has 2 aromatic carbocycles. The third kappa shape index (κ3) is 2.19. The highest BCUT2D eigenvalue weighted by atomic mass is 35.5. The predicted molar refractivity (Wildman–Crippen MR) is 97.4 cm³/mol. The van der Waals surface area contributed by atoms with Crippen LogP contribution in [-0.2, 0) is 6.54 Å². The average molecular weight is 336 g/mol. The first-order valence-corrected chi connectivity index (χ1v) is 8.11. The Hall–Kier alpha value is -2.72. The van der Waals surface area contributed by atoms with Crippen LogP contribution in [0.2, 0.25) is 5.02 Å². The molecule has 2 aromatic heterocycles. The van der Waals surface area contributed by atoms with Crippen molar-refractivity contribution in [3.8, 4) is 11.3 Å². The molecule has 0 aliphatic rings. The fraction of sp³-hybridized carbons (Fsp3) is 0.105. The molecule has 24 heavy (non-hydrogen) atoms. The third-order valence-electron chi connectivity index (χ3n) is 4.12. The zero-order valence-corrected chi connectivity index (χ0v) is 13.8. The van der Waals surface area contributed by atoms with Crippen molar-refractivity contribution in [2.45, 2.75) is 13.5 Å². The van der Waals surface area contributed by atoms with Crippen LogP contribution in [0.3, 0.4) is 0 Å². The number of hydrogen-bond donors (Lipinski definition) is 0. The molecule has 0 aliphatic carbocycles. The van der Waals surface area contributed by atoms with Crippen LogP contribution < -0.4 is 5.56 Å². The van der Waals surface area contributed by atoms with E-state index in [4.69, 9.17) is 11.6 Å². The Morgan fingerprint density at radius 2 is 1.88 bits per heavy atom. The molecular formula is C19H14ClN3O. The maximum Gasteiger partial charge on any atom is 0.277 e. The summed E-state index contributed by atoms with van der Waals surface area (Å²) in [5.41, 5.74) is 3.09. The minimum Gasteiger partial charge on any atom is -0.305 e. The van der Waals surface area contributed by atoms with Gasteiger partial charge in [0.05, 0.1) is 16.1 Å². The van der Waals surface area contributed by atoms with E-state index in [-0.39, 0.29) is 5.56 Å². The molecule has 4 aromatic rings. The number of nitrogens with zero attached hydrogens (tertiary/aromatic N) is 3. The molecule has 2 heterocycles. The molecule has 4 nitrogen and oxygen atoms in total. The molecule has 0 unspecified atom stereocenters. The summed E-state index contributed by atoms with van der Waals surface area (Å²) in [5.74, 6) is 0. The molecule has 0 saturated heterocycles. The van der Waals surface area contributed by atoms with Gasteiger partial charge in [0.1, 0.15) is 11.2 Å². The van der Waals surface area contributed by atoms with Gasteiger partial charge in [-0.3, -0.25) is 9.78 Å². The Kier molecular flexibility index (Phi) is 3.54. The van der Waals surface area contributed by atoms with E-state index in [1.807, 2.05) is 55.5 Å². The van der Waals surface area contributed by atoms with Gasteiger partial charge in [0.2, 0.25) is 0 Å². The van der Waals surface area contributed by atoms with Crippen molar-refractivity contribution in [2.24, 2.45) is 0 Å². The number of hydrogen-bond acceptors (Lipinski definition) is 3. The van der Waals surface area contributed by atoms with Crippen LogP contribution in [0.25, 0.3) is 33.2 Å². The highest BCUT2D eigenvalue weighted by molar-refractivity contribution is 6.39. The molecule has 0 saturated carbocycles. The van der Waals surface area contributed by atoms with Gasteiger partial charge in [-0.2, -0.15) is 0 Å². The van der Waals surface area contributed by atoms with E-state index in [1.54, 1.807) is 10.8 Å². The van der Waals surface area contributed by atoms with Crippen molar-refractivity contribution >= 4 is 33.5 Å². The second kappa shape index (κ2) is 5.73. The zero-order chi connectivity index (χ0) is 16.7. The summed E-state index contributed by atoms with van der Waals surface area (Å²) in [7, 11) is 0. The number of benzene rings is 2. The lowest BCUT2D eigenvalue weighted by Gasteiger charge is -2.13. The molecule has 0 amide bonds. The van der Waals surface area contributed by atoms with Crippen molar-refractivity contribution < 1.29 is 0 Å². The van der Waals surface area contributed by atoms with Gasteiger partial charge in [0.15, 0.2) is 0 Å². The predicted octanol–water partition coefficient (Wildman–Crippen LogP) is 4.29. The maximum absolute atomic E-state index is 12.9. The summed E-state index contributed by atoms with van der Waals surface area (Å²) in [6.45, 7) is 2.48. The molecule has 5 heteroatoms. The first kappa shape index (κ1) is 14.8. The van der Waals surface area contributed by atoms with E-state index in [0.717, 1.165) is 16.5 Å². The molecule has 4 rings (SSSR count). The fourth-order valence-corrected chi connectivity index (χ4v) is 3.26. The van der Waals surface area contributed by atoms with Gasteiger partial charge in [0, 0.05) is 23.7 Å². The molecule has 0 bridgehead atoms. The summed E-state index contributed by atoms with van der Waals surface area (Å²) in [5, 5.41) is 1.37. The molecule has 0 atom stereocenters. The summed E-state index contributed by atoms with van der Waals surface area (Å²) < 4.78 is 1.71. The maximum atomic E-state index is 12.9. The number of fused-ring (bicyclic) bond motifs is 2. The normalized spacial score (nSPS) is 11.2. The van der Waals surface area contributed by atoms with Gasteiger partial charge in [0.25, 0.3) is 5.56 Å². The second-order valence-electron chi connectivity index (χ2n) is 5.51. The van der Waals surface area contributed by atoms with Crippen LogP contribution in [0.1, 0.15) is 6.92 Å². The Morgan fingerprint density at radius 1 is 1.08 bits per heavy atom. The standard InChI is InChI=1S/C19H14ClN3O/c1-2-23-14-11-13-9-6-10-21-16(13)15(20)18(14)22-17(19(23)24)12-7-4-3-5-8-12/h3-11H,2H2,1H3. The number of aromatic nitrogens is 3. The highest BCUT2D eigenvalue weighted by Crippen LogP contribution is 2.30. The minimum absolute atomic E-state index is 0.115. The smallest absolute Gasteiger partial charge is 0.277 e. The quantitative estimate of drug-likeness (QED) is 0.513. The fourth-order valence-electron chi connectivity index (χ4n) is 2.96. The number of halogens is 1. The van der Waals surface area contributed by atoms with E-state index in [0.29, 0.717) is 28.3 Å². The molecular weight excluding hydrogens is 322 g/mol. The lowest BCUT2D eigenvalue weighted by atomic mass is 10.1. The van der Waals surface area contributed by atoms with Crippen molar-refractivity contribution in [3.63, 3.8) is 0 Å². The van der Waals surface area contributed by atoms with Crippen molar-refractivity contribution in [2.75, 3.05) is 0 Å². The summed E-state index contributed by atoms with van der Waals surface area (Å²) >= 11 is 6.57. The Labute approximate surface area is 143 Å². The van der Waals surface area contributed by atoms with Gasteiger partial charge >= 0.3 is 0 Å². The van der Waals surface area contributed by atoms with Gasteiger partial charge in [-0.1, -0.05) is 48.0 Å². The second-order valence-corrected chi connectivity index (χ2v) is 5.89. The topological polar surface area (TPSA) is 47.8 Å². The van der Waals surface area contributed by atoms with Crippen molar-refractivity contribution in [3.05, 3.63) is 70.1 Å². The lowest BCUT2D eigenvalue weighted by Crippen LogP contribution is -2.23. The van der Waals surface area contributed by atoms with Crippen LogP contribution in [0.4, 0.5) is 0 Å². The minimum atomic E-state index is -0.115. The Balaban J connectivity index is 2.18. The van der Waals surface area contributed by atoms with Crippen LogP contribution in [-0.4, -0.2) is 14.5 Å². The number of rotatable bonds is 2. The van der Waals surface area contributed by atoms with E-state index >= 15 is 0 Å². The number of aryl methyl sites for hydroxylation is 1. The van der Waals surface area contributed by atoms with Gasteiger partial charge < -0.3 is 4.57 Å². The summed E-state index contributed by atoms with van der Waals surface area (Å²) in [4.78, 5) is 21.9. The summed E-state index contributed by atoms with van der Waals surface area (Å²) in [6.07, 6.45) is 1.70.